The van der Waals surface area contributed by atoms with Crippen molar-refractivity contribution in [3.05, 3.63) is 68.2 Å². The number of nitrogens with zero attached hydrogens (tertiary/aromatic N) is 2. The van der Waals surface area contributed by atoms with E-state index in [4.69, 9.17) is 23.2 Å². The van der Waals surface area contributed by atoms with E-state index in [1.807, 2.05) is 24.0 Å². The number of para-hydroxylation sites is 1. The second kappa shape index (κ2) is 6.33. The number of nitro groups is 1. The van der Waals surface area contributed by atoms with E-state index in [-0.39, 0.29) is 16.8 Å². The van der Waals surface area contributed by atoms with E-state index in [1.165, 1.54) is 6.07 Å². The first-order valence-corrected chi connectivity index (χ1v) is 7.08. The number of benzene rings is 2. The Hall–Kier alpha value is -1.78. The molecule has 0 radical (unpaired) electrons. The van der Waals surface area contributed by atoms with Gasteiger partial charge in [-0.2, -0.15) is 0 Å². The molecule has 1 atom stereocenters. The van der Waals surface area contributed by atoms with Crippen molar-refractivity contribution in [2.75, 3.05) is 11.9 Å². The molecule has 6 heteroatoms. The summed E-state index contributed by atoms with van der Waals surface area (Å²) in [5.74, 6) is 0. The van der Waals surface area contributed by atoms with E-state index >= 15 is 0 Å². The van der Waals surface area contributed by atoms with Crippen LogP contribution in [0.4, 0.5) is 11.4 Å². The molecule has 110 valence electrons. The van der Waals surface area contributed by atoms with Gasteiger partial charge in [-0.3, -0.25) is 10.1 Å². The molecule has 0 saturated heterocycles. The van der Waals surface area contributed by atoms with Crippen LogP contribution in [0, 0.1) is 10.1 Å². The summed E-state index contributed by atoms with van der Waals surface area (Å²) in [5.41, 5.74) is 1.41. The van der Waals surface area contributed by atoms with Crippen molar-refractivity contribution in [3.63, 3.8) is 0 Å². The van der Waals surface area contributed by atoms with E-state index in [1.54, 1.807) is 31.3 Å². The standard InChI is InChI=1S/C15H14Cl2N2O2/c1-10(11-6-8-12(16)9-7-11)18(2)14-5-3-4-13(17)15(14)19(20)21/h3-10H,1-2H3. The number of nitro benzene ring substituents is 1. The highest BCUT2D eigenvalue weighted by Crippen LogP contribution is 2.37. The first-order valence-electron chi connectivity index (χ1n) is 6.33. The molecule has 21 heavy (non-hydrogen) atoms. The molecule has 0 heterocycles. The van der Waals surface area contributed by atoms with E-state index in [0.717, 1.165) is 5.56 Å². The minimum Gasteiger partial charge on any atom is -0.362 e. The van der Waals surface area contributed by atoms with Crippen LogP contribution in [-0.2, 0) is 0 Å². The fourth-order valence-electron chi connectivity index (χ4n) is 2.14. The van der Waals surface area contributed by atoms with E-state index in [0.29, 0.717) is 10.7 Å². The van der Waals surface area contributed by atoms with Crippen molar-refractivity contribution in [2.24, 2.45) is 0 Å². The lowest BCUT2D eigenvalue weighted by molar-refractivity contribution is -0.384. The molecule has 2 rings (SSSR count). The van der Waals surface area contributed by atoms with Gasteiger partial charge in [-0.25, -0.2) is 0 Å². The first-order chi connectivity index (χ1) is 9.91. The van der Waals surface area contributed by atoms with E-state index in [9.17, 15) is 10.1 Å². The summed E-state index contributed by atoms with van der Waals surface area (Å²) in [6, 6.07) is 12.3. The molecular formula is C15H14Cl2N2O2. The van der Waals surface area contributed by atoms with Crippen molar-refractivity contribution in [1.82, 2.24) is 0 Å². The van der Waals surface area contributed by atoms with Crippen molar-refractivity contribution in [1.29, 1.82) is 0 Å². The smallest absolute Gasteiger partial charge is 0.310 e. The van der Waals surface area contributed by atoms with Gasteiger partial charge in [0.1, 0.15) is 10.7 Å². The largest absolute Gasteiger partial charge is 0.362 e. The number of rotatable bonds is 4. The van der Waals surface area contributed by atoms with Gasteiger partial charge in [-0.1, -0.05) is 41.4 Å². The molecule has 0 aliphatic carbocycles. The Bertz CT molecular complexity index is 659. The first kappa shape index (κ1) is 15.6. The number of anilines is 1. The summed E-state index contributed by atoms with van der Waals surface area (Å²) in [6.45, 7) is 1.97. The highest BCUT2D eigenvalue weighted by atomic mass is 35.5. The van der Waals surface area contributed by atoms with Crippen molar-refractivity contribution < 1.29 is 4.92 Å². The second-order valence-corrected chi connectivity index (χ2v) is 5.55. The molecule has 0 N–H and O–H groups in total. The van der Waals surface area contributed by atoms with Gasteiger partial charge in [0.25, 0.3) is 0 Å². The van der Waals surface area contributed by atoms with Crippen LogP contribution in [0.2, 0.25) is 10.0 Å². The zero-order valence-electron chi connectivity index (χ0n) is 11.6. The van der Waals surface area contributed by atoms with Crippen LogP contribution in [-0.4, -0.2) is 12.0 Å². The fourth-order valence-corrected chi connectivity index (χ4v) is 2.51. The highest BCUT2D eigenvalue weighted by Gasteiger charge is 2.24. The molecular weight excluding hydrogens is 311 g/mol. The summed E-state index contributed by atoms with van der Waals surface area (Å²) in [5, 5.41) is 12.0. The Kier molecular flexibility index (Phi) is 4.70. The van der Waals surface area contributed by atoms with Gasteiger partial charge in [0, 0.05) is 12.1 Å². The van der Waals surface area contributed by atoms with Gasteiger partial charge in [0.05, 0.1) is 11.0 Å². The Labute approximate surface area is 133 Å². The van der Waals surface area contributed by atoms with Gasteiger partial charge in [0.15, 0.2) is 0 Å². The highest BCUT2D eigenvalue weighted by molar-refractivity contribution is 6.33. The molecule has 2 aromatic rings. The van der Waals surface area contributed by atoms with Crippen LogP contribution in [0.5, 0.6) is 0 Å². The quantitative estimate of drug-likeness (QED) is 0.580. The average Bonchev–Trinajstić information content (AvgIpc) is 2.46. The van der Waals surface area contributed by atoms with E-state index in [2.05, 4.69) is 0 Å². The van der Waals surface area contributed by atoms with Crippen LogP contribution < -0.4 is 4.90 Å². The third-order valence-corrected chi connectivity index (χ3v) is 4.02. The molecule has 0 aliphatic rings. The minimum atomic E-state index is -0.456. The summed E-state index contributed by atoms with van der Waals surface area (Å²) >= 11 is 11.8. The molecule has 2 aromatic carbocycles. The lowest BCUT2D eigenvalue weighted by atomic mass is 10.1. The van der Waals surface area contributed by atoms with Crippen LogP contribution in [0.25, 0.3) is 0 Å². The third kappa shape index (κ3) is 3.28. The van der Waals surface area contributed by atoms with Crippen LogP contribution >= 0.6 is 23.2 Å². The second-order valence-electron chi connectivity index (χ2n) is 4.70. The summed E-state index contributed by atoms with van der Waals surface area (Å²) in [4.78, 5) is 12.6. The maximum Gasteiger partial charge on any atom is 0.310 e. The zero-order valence-corrected chi connectivity index (χ0v) is 13.1. The Morgan fingerprint density at radius 3 is 2.33 bits per heavy atom. The van der Waals surface area contributed by atoms with Crippen molar-refractivity contribution in [2.45, 2.75) is 13.0 Å². The van der Waals surface area contributed by atoms with Crippen LogP contribution in [0.3, 0.4) is 0 Å². The van der Waals surface area contributed by atoms with Gasteiger partial charge in [-0.15, -0.1) is 0 Å². The topological polar surface area (TPSA) is 46.4 Å². The number of hydrogen-bond acceptors (Lipinski definition) is 3. The molecule has 1 unspecified atom stereocenters. The molecule has 4 nitrogen and oxygen atoms in total. The summed E-state index contributed by atoms with van der Waals surface area (Å²) in [6.07, 6.45) is 0. The molecule has 0 fully saturated rings. The average molecular weight is 325 g/mol. The summed E-state index contributed by atoms with van der Waals surface area (Å²) < 4.78 is 0. The Balaban J connectivity index is 2.40. The van der Waals surface area contributed by atoms with E-state index < -0.39 is 4.92 Å². The molecule has 0 aliphatic heterocycles. The molecule has 0 saturated carbocycles. The third-order valence-electron chi connectivity index (χ3n) is 3.46. The Morgan fingerprint density at radius 2 is 1.76 bits per heavy atom. The SMILES string of the molecule is CC(c1ccc(Cl)cc1)N(C)c1cccc(Cl)c1[N+](=O)[O-]. The normalized spacial score (nSPS) is 12.0. The maximum absolute atomic E-state index is 11.2. The lowest BCUT2D eigenvalue weighted by Gasteiger charge is -2.27. The summed E-state index contributed by atoms with van der Waals surface area (Å²) in [7, 11) is 1.80. The number of hydrogen-bond donors (Lipinski definition) is 0. The fraction of sp³-hybridized carbons (Fsp3) is 0.200. The predicted molar refractivity (Wildman–Crippen MR) is 86.4 cm³/mol. The minimum absolute atomic E-state index is 0.0561. The maximum atomic E-state index is 11.2. The molecule has 0 aromatic heterocycles. The monoisotopic (exact) mass is 324 g/mol. The van der Waals surface area contributed by atoms with Crippen molar-refractivity contribution in [3.8, 4) is 0 Å². The van der Waals surface area contributed by atoms with Gasteiger partial charge < -0.3 is 4.90 Å². The molecule has 0 bridgehead atoms. The molecule has 0 spiro atoms. The van der Waals surface area contributed by atoms with Gasteiger partial charge in [0.2, 0.25) is 0 Å². The molecule has 0 amide bonds. The van der Waals surface area contributed by atoms with Crippen molar-refractivity contribution >= 4 is 34.6 Å². The number of halogens is 2. The van der Waals surface area contributed by atoms with Gasteiger partial charge in [-0.05, 0) is 36.8 Å². The predicted octanol–water partition coefficient (Wildman–Crippen LogP) is 5.10. The van der Waals surface area contributed by atoms with Crippen LogP contribution in [0.15, 0.2) is 42.5 Å². The van der Waals surface area contributed by atoms with Gasteiger partial charge >= 0.3 is 5.69 Å². The van der Waals surface area contributed by atoms with Crippen LogP contribution in [0.1, 0.15) is 18.5 Å². The zero-order chi connectivity index (χ0) is 15.6. The Morgan fingerprint density at radius 1 is 1.14 bits per heavy atom. The lowest BCUT2D eigenvalue weighted by Crippen LogP contribution is -2.22.